The summed E-state index contributed by atoms with van der Waals surface area (Å²) in [5, 5.41) is 8.35. The van der Waals surface area contributed by atoms with Crippen LogP contribution >= 0.6 is 0 Å². The Kier molecular flexibility index (Phi) is 7.44. The predicted molar refractivity (Wildman–Crippen MR) is 101 cm³/mol. The molecule has 0 aliphatic carbocycles. The lowest BCUT2D eigenvalue weighted by atomic mass is 10.1. The quantitative estimate of drug-likeness (QED) is 0.419. The van der Waals surface area contributed by atoms with Gasteiger partial charge in [0.1, 0.15) is 11.6 Å². The van der Waals surface area contributed by atoms with Crippen LogP contribution in [-0.4, -0.2) is 31.4 Å². The van der Waals surface area contributed by atoms with Gasteiger partial charge in [-0.15, -0.1) is 0 Å². The molecule has 7 nitrogen and oxygen atoms in total. The number of primary amides is 1. The molecule has 2 aromatic carbocycles. The molecule has 0 unspecified atom stereocenters. The van der Waals surface area contributed by atoms with E-state index >= 15 is 0 Å². The molecule has 2 rings (SSSR count). The Morgan fingerprint density at radius 1 is 1.00 bits per heavy atom. The van der Waals surface area contributed by atoms with Gasteiger partial charge in [-0.2, -0.15) is 0 Å². The van der Waals surface area contributed by atoms with Crippen molar-refractivity contribution in [3.63, 3.8) is 0 Å². The molecule has 0 saturated carbocycles. The molecule has 5 N–H and O–H groups in total. The second-order valence-corrected chi connectivity index (χ2v) is 5.86. The normalized spacial score (nSPS) is 11.0. The lowest BCUT2D eigenvalue weighted by molar-refractivity contribution is -0.117. The van der Waals surface area contributed by atoms with Crippen molar-refractivity contribution in [2.24, 2.45) is 10.7 Å². The summed E-state index contributed by atoms with van der Waals surface area (Å²) in [6.07, 6.45) is 0. The minimum Gasteiger partial charge on any atom is -0.368 e. The second kappa shape index (κ2) is 10.0. The van der Waals surface area contributed by atoms with E-state index in [2.05, 4.69) is 20.9 Å². The van der Waals surface area contributed by atoms with Crippen LogP contribution in [0.15, 0.2) is 47.5 Å². The van der Waals surface area contributed by atoms with E-state index in [1.165, 1.54) is 0 Å². The third kappa shape index (κ3) is 6.35. The Balaban J connectivity index is 1.86. The molecular formula is C19H21F2N5O2. The lowest BCUT2D eigenvalue weighted by Crippen LogP contribution is -2.36. The van der Waals surface area contributed by atoms with Gasteiger partial charge in [0.25, 0.3) is 5.91 Å². The maximum atomic E-state index is 13.7. The fourth-order valence-electron chi connectivity index (χ4n) is 2.31. The number of hydrogen-bond donors (Lipinski definition) is 4. The number of nitrogens with zero attached hydrogens (tertiary/aromatic N) is 1. The number of amides is 2. The van der Waals surface area contributed by atoms with Gasteiger partial charge in [-0.1, -0.05) is 12.1 Å². The van der Waals surface area contributed by atoms with Gasteiger partial charge >= 0.3 is 0 Å². The maximum Gasteiger partial charge on any atom is 0.251 e. The van der Waals surface area contributed by atoms with Gasteiger partial charge in [-0.25, -0.2) is 8.78 Å². The molecule has 0 fully saturated rings. The number of aliphatic imine (C=N–C) groups is 1. The fraction of sp³-hybridized carbons (Fsp3) is 0.211. The number of nitrogens with two attached hydrogens (primary N) is 1. The molecule has 0 aromatic heterocycles. The van der Waals surface area contributed by atoms with Crippen LogP contribution in [0.4, 0.5) is 8.78 Å². The van der Waals surface area contributed by atoms with Gasteiger partial charge < -0.3 is 21.7 Å². The first-order valence-corrected chi connectivity index (χ1v) is 8.43. The number of nitrogens with one attached hydrogen (secondary N) is 3. The van der Waals surface area contributed by atoms with Crippen LogP contribution in [0, 0.1) is 11.6 Å². The number of carbonyl (C=O) groups is 2. The monoisotopic (exact) mass is 389 g/mol. The van der Waals surface area contributed by atoms with Crippen molar-refractivity contribution in [3.05, 3.63) is 70.8 Å². The van der Waals surface area contributed by atoms with E-state index in [0.717, 1.165) is 23.8 Å². The van der Waals surface area contributed by atoms with E-state index in [-0.39, 0.29) is 18.7 Å². The Bertz CT molecular complexity index is 869. The Morgan fingerprint density at radius 3 is 2.32 bits per heavy atom. The molecule has 0 saturated heterocycles. The van der Waals surface area contributed by atoms with Gasteiger partial charge in [0.05, 0.1) is 6.54 Å². The van der Waals surface area contributed by atoms with Crippen molar-refractivity contribution in [1.29, 1.82) is 0 Å². The fourth-order valence-corrected chi connectivity index (χ4v) is 2.31. The largest absolute Gasteiger partial charge is 0.368 e. The summed E-state index contributed by atoms with van der Waals surface area (Å²) < 4.78 is 26.9. The van der Waals surface area contributed by atoms with Crippen molar-refractivity contribution in [2.45, 2.75) is 13.1 Å². The number of rotatable bonds is 7. The van der Waals surface area contributed by atoms with Crippen molar-refractivity contribution in [3.8, 4) is 0 Å². The lowest BCUT2D eigenvalue weighted by Gasteiger charge is -2.13. The van der Waals surface area contributed by atoms with E-state index in [1.54, 1.807) is 31.3 Å². The van der Waals surface area contributed by atoms with E-state index in [1.807, 2.05) is 0 Å². The summed E-state index contributed by atoms with van der Waals surface area (Å²) >= 11 is 0. The number of hydrogen-bond acceptors (Lipinski definition) is 3. The van der Waals surface area contributed by atoms with Crippen LogP contribution < -0.4 is 21.7 Å². The topological polar surface area (TPSA) is 109 Å². The van der Waals surface area contributed by atoms with Crippen LogP contribution in [0.2, 0.25) is 0 Å². The van der Waals surface area contributed by atoms with Crippen LogP contribution in [0.3, 0.4) is 0 Å². The standard InChI is InChI=1S/C19H21F2N5O2/c1-23-19(26-10-14-8-15(20)6-7-16(14)21)25-9-12-2-4-13(5-3-12)18(28)24-11-17(22)27/h2-8H,9-11H2,1H3,(H2,22,27)(H,24,28)(H2,23,25,26). The van der Waals surface area contributed by atoms with Crippen molar-refractivity contribution in [2.75, 3.05) is 13.6 Å². The molecule has 0 bridgehead atoms. The molecule has 148 valence electrons. The first kappa shape index (κ1) is 20.8. The second-order valence-electron chi connectivity index (χ2n) is 5.86. The third-order valence-electron chi connectivity index (χ3n) is 3.78. The summed E-state index contributed by atoms with van der Waals surface area (Å²) in [5.74, 6) is -1.62. The van der Waals surface area contributed by atoms with Gasteiger partial charge in [-0.05, 0) is 35.9 Å². The highest BCUT2D eigenvalue weighted by Crippen LogP contribution is 2.09. The molecule has 0 spiro atoms. The number of benzene rings is 2. The van der Waals surface area contributed by atoms with Gasteiger partial charge in [0.2, 0.25) is 5.91 Å². The van der Waals surface area contributed by atoms with Crippen LogP contribution in [0.5, 0.6) is 0 Å². The van der Waals surface area contributed by atoms with E-state index in [0.29, 0.717) is 18.1 Å². The summed E-state index contributed by atoms with van der Waals surface area (Å²) in [5.41, 5.74) is 6.44. The summed E-state index contributed by atoms with van der Waals surface area (Å²) in [7, 11) is 1.56. The molecular weight excluding hydrogens is 368 g/mol. The highest BCUT2D eigenvalue weighted by Gasteiger charge is 2.07. The van der Waals surface area contributed by atoms with E-state index in [4.69, 9.17) is 5.73 Å². The van der Waals surface area contributed by atoms with E-state index in [9.17, 15) is 18.4 Å². The van der Waals surface area contributed by atoms with Crippen LogP contribution in [0.1, 0.15) is 21.5 Å². The van der Waals surface area contributed by atoms with Crippen LogP contribution in [-0.2, 0) is 17.9 Å². The minimum atomic E-state index is -0.619. The SMILES string of the molecule is CN=C(NCc1ccc(C(=O)NCC(N)=O)cc1)NCc1cc(F)ccc1F. The Hall–Kier alpha value is -3.49. The number of guanidine groups is 1. The maximum absolute atomic E-state index is 13.7. The first-order chi connectivity index (χ1) is 13.4. The summed E-state index contributed by atoms with van der Waals surface area (Å²) in [4.78, 5) is 26.5. The zero-order chi connectivity index (χ0) is 20.5. The van der Waals surface area contributed by atoms with Crippen molar-refractivity contribution < 1.29 is 18.4 Å². The molecule has 28 heavy (non-hydrogen) atoms. The molecule has 2 amide bonds. The predicted octanol–water partition coefficient (Wildman–Crippen LogP) is 1.05. The molecule has 0 atom stereocenters. The average molecular weight is 389 g/mol. The first-order valence-electron chi connectivity index (χ1n) is 8.43. The molecule has 9 heteroatoms. The summed E-state index contributed by atoms with van der Waals surface area (Å²) in [6.45, 7) is 0.243. The zero-order valence-corrected chi connectivity index (χ0v) is 15.3. The smallest absolute Gasteiger partial charge is 0.251 e. The molecule has 0 heterocycles. The summed E-state index contributed by atoms with van der Waals surface area (Å²) in [6, 6.07) is 9.97. The van der Waals surface area contributed by atoms with E-state index < -0.39 is 23.4 Å². The molecule has 0 radical (unpaired) electrons. The molecule has 0 aliphatic heterocycles. The number of carbonyl (C=O) groups excluding carboxylic acids is 2. The Labute approximate surface area is 161 Å². The third-order valence-corrected chi connectivity index (χ3v) is 3.78. The molecule has 0 aliphatic rings. The van der Waals surface area contributed by atoms with Crippen molar-refractivity contribution in [1.82, 2.24) is 16.0 Å². The Morgan fingerprint density at radius 2 is 1.68 bits per heavy atom. The zero-order valence-electron chi connectivity index (χ0n) is 15.3. The van der Waals surface area contributed by atoms with Crippen molar-refractivity contribution >= 4 is 17.8 Å². The van der Waals surface area contributed by atoms with Crippen LogP contribution in [0.25, 0.3) is 0 Å². The van der Waals surface area contributed by atoms with Gasteiger partial charge in [-0.3, -0.25) is 14.6 Å². The average Bonchev–Trinajstić information content (AvgIpc) is 2.69. The van der Waals surface area contributed by atoms with Gasteiger partial charge in [0, 0.05) is 31.3 Å². The highest BCUT2D eigenvalue weighted by molar-refractivity contribution is 5.96. The van der Waals surface area contributed by atoms with Gasteiger partial charge in [0.15, 0.2) is 5.96 Å². The highest BCUT2D eigenvalue weighted by atomic mass is 19.1. The minimum absolute atomic E-state index is 0.0717. The molecule has 2 aromatic rings. The number of halogens is 2.